The number of nitrogens with one attached hydrogen (secondary N) is 1. The number of hydrazone groups is 1. The Morgan fingerprint density at radius 3 is 2.64 bits per heavy atom. The molecule has 0 radical (unpaired) electrons. The van der Waals surface area contributed by atoms with Gasteiger partial charge in [-0.3, -0.25) is 4.79 Å². The molecule has 6 nitrogen and oxygen atoms in total. The SMILES string of the molecule is Cc1nc(N)sc1C(=O)N/N=C\c1ccc(OCCCc2ccccc2)cc1. The Kier molecular flexibility index (Phi) is 6.75. The molecule has 144 valence electrons. The Morgan fingerprint density at radius 2 is 1.96 bits per heavy atom. The van der Waals surface area contributed by atoms with E-state index in [1.54, 1.807) is 13.1 Å². The highest BCUT2D eigenvalue weighted by Gasteiger charge is 2.13. The summed E-state index contributed by atoms with van der Waals surface area (Å²) in [6.45, 7) is 2.40. The van der Waals surface area contributed by atoms with Crippen LogP contribution in [0.4, 0.5) is 5.13 Å². The van der Waals surface area contributed by atoms with Crippen molar-refractivity contribution >= 4 is 28.6 Å². The van der Waals surface area contributed by atoms with Crippen molar-refractivity contribution in [2.75, 3.05) is 12.3 Å². The zero-order valence-electron chi connectivity index (χ0n) is 15.6. The Balaban J connectivity index is 1.43. The van der Waals surface area contributed by atoms with E-state index in [2.05, 4.69) is 27.6 Å². The summed E-state index contributed by atoms with van der Waals surface area (Å²) in [5.41, 5.74) is 10.9. The van der Waals surface area contributed by atoms with Gasteiger partial charge in [-0.25, -0.2) is 10.4 Å². The van der Waals surface area contributed by atoms with Crippen molar-refractivity contribution in [2.45, 2.75) is 19.8 Å². The summed E-state index contributed by atoms with van der Waals surface area (Å²) in [5, 5.41) is 4.35. The number of aryl methyl sites for hydroxylation is 2. The van der Waals surface area contributed by atoms with Gasteiger partial charge in [0, 0.05) is 0 Å². The molecule has 0 aliphatic heterocycles. The highest BCUT2D eigenvalue weighted by molar-refractivity contribution is 7.17. The van der Waals surface area contributed by atoms with Gasteiger partial charge in [0.15, 0.2) is 5.13 Å². The number of nitrogens with two attached hydrogens (primary N) is 1. The average Bonchev–Trinajstić information content (AvgIpc) is 3.05. The summed E-state index contributed by atoms with van der Waals surface area (Å²) in [4.78, 5) is 16.5. The minimum absolute atomic E-state index is 0.318. The normalized spacial score (nSPS) is 10.9. The molecule has 7 heteroatoms. The molecule has 2 aromatic carbocycles. The van der Waals surface area contributed by atoms with Crippen molar-refractivity contribution in [1.82, 2.24) is 10.4 Å². The first-order valence-electron chi connectivity index (χ1n) is 8.95. The molecule has 0 unspecified atom stereocenters. The minimum Gasteiger partial charge on any atom is -0.494 e. The molecule has 0 bridgehead atoms. The summed E-state index contributed by atoms with van der Waals surface area (Å²) in [6.07, 6.45) is 3.54. The Hall–Kier alpha value is -3.19. The summed E-state index contributed by atoms with van der Waals surface area (Å²) in [7, 11) is 0. The van der Waals surface area contributed by atoms with Crippen LogP contribution >= 0.6 is 11.3 Å². The van der Waals surface area contributed by atoms with E-state index in [0.717, 1.165) is 35.5 Å². The number of rotatable bonds is 8. The smallest absolute Gasteiger partial charge is 0.283 e. The standard InChI is InChI=1S/C21H22N4O2S/c1-15-19(28-21(22)24-15)20(26)25-23-14-17-9-11-18(12-10-17)27-13-5-8-16-6-3-2-4-7-16/h2-4,6-7,9-12,14H,5,8,13H2,1H3,(H2,22,24)(H,25,26)/b23-14-. The third-order valence-electron chi connectivity index (χ3n) is 4.00. The number of aromatic nitrogens is 1. The zero-order valence-corrected chi connectivity index (χ0v) is 16.4. The lowest BCUT2D eigenvalue weighted by molar-refractivity contribution is 0.0958. The molecule has 0 saturated heterocycles. The molecule has 0 saturated carbocycles. The van der Waals surface area contributed by atoms with Crippen molar-refractivity contribution in [3.63, 3.8) is 0 Å². The molecular formula is C21H22N4O2S. The maximum Gasteiger partial charge on any atom is 0.283 e. The van der Waals surface area contributed by atoms with E-state index in [1.807, 2.05) is 42.5 Å². The van der Waals surface area contributed by atoms with Gasteiger partial charge in [0.25, 0.3) is 5.91 Å². The first kappa shape index (κ1) is 19.6. The lowest BCUT2D eigenvalue weighted by atomic mass is 10.1. The van der Waals surface area contributed by atoms with Crippen LogP contribution in [-0.4, -0.2) is 23.7 Å². The van der Waals surface area contributed by atoms with Gasteiger partial charge >= 0.3 is 0 Å². The largest absolute Gasteiger partial charge is 0.494 e. The quantitative estimate of drug-likeness (QED) is 0.345. The van der Waals surface area contributed by atoms with Crippen LogP contribution in [0.3, 0.4) is 0 Å². The van der Waals surface area contributed by atoms with E-state index in [9.17, 15) is 4.79 Å². The molecule has 0 atom stereocenters. The molecule has 1 amide bonds. The fourth-order valence-electron chi connectivity index (χ4n) is 2.61. The van der Waals surface area contributed by atoms with E-state index in [1.165, 1.54) is 5.56 Å². The molecule has 3 rings (SSSR count). The fourth-order valence-corrected chi connectivity index (χ4v) is 3.33. The zero-order chi connectivity index (χ0) is 19.8. The molecule has 1 aromatic heterocycles. The first-order valence-corrected chi connectivity index (χ1v) is 9.76. The van der Waals surface area contributed by atoms with E-state index in [-0.39, 0.29) is 5.91 Å². The van der Waals surface area contributed by atoms with Gasteiger partial charge in [-0.2, -0.15) is 5.10 Å². The molecule has 0 aliphatic carbocycles. The number of hydrogen-bond donors (Lipinski definition) is 2. The summed E-state index contributed by atoms with van der Waals surface area (Å²) in [6, 6.07) is 17.9. The summed E-state index contributed by atoms with van der Waals surface area (Å²) >= 11 is 1.14. The van der Waals surface area contributed by atoms with Crippen molar-refractivity contribution in [3.05, 3.63) is 76.3 Å². The molecule has 3 N–H and O–H groups in total. The highest BCUT2D eigenvalue weighted by Crippen LogP contribution is 2.19. The van der Waals surface area contributed by atoms with Gasteiger partial charge < -0.3 is 10.5 Å². The molecule has 0 aliphatic rings. The predicted octanol–water partition coefficient (Wildman–Crippen LogP) is 3.81. The second-order valence-electron chi connectivity index (χ2n) is 6.17. The van der Waals surface area contributed by atoms with Crippen molar-refractivity contribution < 1.29 is 9.53 Å². The van der Waals surface area contributed by atoms with Gasteiger partial charge in [-0.1, -0.05) is 41.7 Å². The molecule has 1 heterocycles. The number of hydrogen-bond acceptors (Lipinski definition) is 6. The highest BCUT2D eigenvalue weighted by atomic mass is 32.1. The van der Waals surface area contributed by atoms with Crippen molar-refractivity contribution in [1.29, 1.82) is 0 Å². The minimum atomic E-state index is -0.318. The number of nitrogens with zero attached hydrogens (tertiary/aromatic N) is 2. The number of thiazole rings is 1. The van der Waals surface area contributed by atoms with E-state index in [4.69, 9.17) is 10.5 Å². The Morgan fingerprint density at radius 1 is 1.21 bits per heavy atom. The van der Waals surface area contributed by atoms with E-state index in [0.29, 0.717) is 22.3 Å². The maximum atomic E-state index is 12.0. The molecule has 0 fully saturated rings. The van der Waals surface area contributed by atoms with Crippen LogP contribution < -0.4 is 15.9 Å². The van der Waals surface area contributed by atoms with Crippen molar-refractivity contribution in [2.24, 2.45) is 5.10 Å². The molecule has 0 spiro atoms. The third-order valence-corrected chi connectivity index (χ3v) is 4.99. The average molecular weight is 395 g/mol. The predicted molar refractivity (Wildman–Crippen MR) is 113 cm³/mol. The van der Waals surface area contributed by atoms with Crippen molar-refractivity contribution in [3.8, 4) is 5.75 Å². The van der Waals surface area contributed by atoms with Crippen LogP contribution in [-0.2, 0) is 6.42 Å². The first-order chi connectivity index (χ1) is 13.6. The van der Waals surface area contributed by atoms with Crippen LogP contribution in [0, 0.1) is 6.92 Å². The van der Waals surface area contributed by atoms with Gasteiger partial charge in [0.1, 0.15) is 10.6 Å². The number of anilines is 1. The van der Waals surface area contributed by atoms with Gasteiger partial charge in [0.2, 0.25) is 0 Å². The number of ether oxygens (including phenoxy) is 1. The Labute approximate surface area is 168 Å². The topological polar surface area (TPSA) is 89.6 Å². The fraction of sp³-hybridized carbons (Fsp3) is 0.190. The number of amides is 1. The van der Waals surface area contributed by atoms with Gasteiger partial charge in [-0.05, 0) is 55.2 Å². The summed E-state index contributed by atoms with van der Waals surface area (Å²) in [5.74, 6) is 0.492. The van der Waals surface area contributed by atoms with Crippen LogP contribution in [0.1, 0.15) is 32.9 Å². The number of carbonyl (C=O) groups is 1. The number of carbonyl (C=O) groups excluding carboxylic acids is 1. The molecule has 3 aromatic rings. The van der Waals surface area contributed by atoms with Gasteiger partial charge in [-0.15, -0.1) is 0 Å². The van der Waals surface area contributed by atoms with E-state index < -0.39 is 0 Å². The molecular weight excluding hydrogens is 372 g/mol. The number of benzene rings is 2. The molecule has 28 heavy (non-hydrogen) atoms. The second kappa shape index (κ2) is 9.66. The third kappa shape index (κ3) is 5.65. The lowest BCUT2D eigenvalue weighted by Gasteiger charge is -2.06. The van der Waals surface area contributed by atoms with Crippen LogP contribution in [0.2, 0.25) is 0 Å². The number of nitrogen functional groups attached to an aromatic ring is 1. The second-order valence-corrected chi connectivity index (χ2v) is 7.20. The van der Waals surface area contributed by atoms with Crippen LogP contribution in [0.25, 0.3) is 0 Å². The Bertz CT molecular complexity index is 937. The van der Waals surface area contributed by atoms with Crippen LogP contribution in [0.15, 0.2) is 59.7 Å². The van der Waals surface area contributed by atoms with Crippen LogP contribution in [0.5, 0.6) is 5.75 Å². The van der Waals surface area contributed by atoms with Gasteiger partial charge in [0.05, 0.1) is 18.5 Å². The monoisotopic (exact) mass is 394 g/mol. The maximum absolute atomic E-state index is 12.0. The van der Waals surface area contributed by atoms with E-state index >= 15 is 0 Å². The lowest BCUT2D eigenvalue weighted by Crippen LogP contribution is -2.17. The summed E-state index contributed by atoms with van der Waals surface area (Å²) < 4.78 is 5.77.